The van der Waals surface area contributed by atoms with E-state index in [4.69, 9.17) is 0 Å². The average molecular weight is 343 g/mol. The van der Waals surface area contributed by atoms with Gasteiger partial charge in [0.15, 0.2) is 11.6 Å². The Hall–Kier alpha value is -2.30. The lowest BCUT2D eigenvalue weighted by molar-refractivity contribution is -0.122. The highest BCUT2D eigenvalue weighted by molar-refractivity contribution is 6.28. The van der Waals surface area contributed by atoms with E-state index in [-0.39, 0.29) is 36.0 Å². The molecule has 0 aromatic heterocycles. The molecule has 2 unspecified atom stereocenters. The average Bonchev–Trinajstić information content (AvgIpc) is 2.79. The Morgan fingerprint density at radius 2 is 1.80 bits per heavy atom. The Kier molecular flexibility index (Phi) is 6.23. The van der Waals surface area contributed by atoms with E-state index in [0.717, 1.165) is 25.1 Å². The van der Waals surface area contributed by atoms with Crippen LogP contribution in [0.5, 0.6) is 0 Å². The summed E-state index contributed by atoms with van der Waals surface area (Å²) in [6, 6.07) is 5.15. The van der Waals surface area contributed by atoms with Gasteiger partial charge in [-0.15, -0.1) is 0 Å². The summed E-state index contributed by atoms with van der Waals surface area (Å²) in [4.78, 5) is 48.7. The van der Waals surface area contributed by atoms with Crippen molar-refractivity contribution >= 4 is 28.8 Å². The van der Waals surface area contributed by atoms with Gasteiger partial charge < -0.3 is 10.1 Å². The number of hydrogen-bond donors (Lipinski definition) is 1. The molecule has 134 valence electrons. The van der Waals surface area contributed by atoms with Crippen LogP contribution in [0.25, 0.3) is 0 Å². The predicted molar refractivity (Wildman–Crippen MR) is 96.1 cm³/mol. The van der Waals surface area contributed by atoms with Crippen molar-refractivity contribution in [2.45, 2.75) is 46.5 Å². The number of carbonyl (C=O) groups excluding carboxylic acids is 4. The molecule has 1 aliphatic rings. The maximum Gasteiger partial charge on any atom is 0.175 e. The summed E-state index contributed by atoms with van der Waals surface area (Å²) < 4.78 is 0. The van der Waals surface area contributed by atoms with Crippen molar-refractivity contribution < 1.29 is 19.2 Å². The summed E-state index contributed by atoms with van der Waals surface area (Å²) >= 11 is 0. The molecule has 5 heteroatoms. The van der Waals surface area contributed by atoms with E-state index < -0.39 is 11.8 Å². The minimum Gasteiger partial charge on any atom is -0.385 e. The van der Waals surface area contributed by atoms with Crippen LogP contribution < -0.4 is 5.32 Å². The standard InChI is InChI=1S/C20H25NO4/c1-4-5-10-21-14-7-9-16-17(11-14)20(25)18(19(16)24)15(13(3)23)8-6-12(2)22/h7,9,11,15,18,21H,4-6,8,10H2,1-3H3. The molecule has 0 bridgehead atoms. The maximum absolute atomic E-state index is 12.8. The molecular weight excluding hydrogens is 318 g/mol. The van der Waals surface area contributed by atoms with E-state index in [0.29, 0.717) is 11.1 Å². The van der Waals surface area contributed by atoms with Gasteiger partial charge in [0, 0.05) is 35.7 Å². The normalized spacial score (nSPS) is 17.3. The van der Waals surface area contributed by atoms with Gasteiger partial charge in [0.25, 0.3) is 0 Å². The van der Waals surface area contributed by atoms with Crippen LogP contribution in [0.1, 0.15) is 67.2 Å². The lowest BCUT2D eigenvalue weighted by Gasteiger charge is -2.17. The molecule has 1 N–H and O–H groups in total. The Morgan fingerprint density at radius 3 is 2.40 bits per heavy atom. The van der Waals surface area contributed by atoms with Gasteiger partial charge in [-0.25, -0.2) is 0 Å². The number of carbonyl (C=O) groups is 4. The summed E-state index contributed by atoms with van der Waals surface area (Å²) in [5.74, 6) is -2.59. The Bertz CT molecular complexity index is 708. The third kappa shape index (κ3) is 4.21. The van der Waals surface area contributed by atoms with Gasteiger partial charge in [-0.3, -0.25) is 14.4 Å². The second-order valence-electron chi connectivity index (χ2n) is 6.70. The second kappa shape index (κ2) is 8.19. The number of benzene rings is 1. The topological polar surface area (TPSA) is 80.3 Å². The molecule has 1 aromatic carbocycles. The minimum absolute atomic E-state index is 0.0518. The summed E-state index contributed by atoms with van der Waals surface area (Å²) in [7, 11) is 0. The number of fused-ring (bicyclic) bond motifs is 1. The molecule has 1 aromatic rings. The lowest BCUT2D eigenvalue weighted by atomic mass is 9.82. The predicted octanol–water partition coefficient (Wildman–Crippen LogP) is 3.47. The third-order valence-electron chi connectivity index (χ3n) is 4.71. The fourth-order valence-corrected chi connectivity index (χ4v) is 3.27. The highest BCUT2D eigenvalue weighted by Crippen LogP contribution is 2.35. The first-order valence-corrected chi connectivity index (χ1v) is 8.83. The highest BCUT2D eigenvalue weighted by atomic mass is 16.2. The molecular formula is C20H25NO4. The van der Waals surface area contributed by atoms with Crippen molar-refractivity contribution in [1.82, 2.24) is 0 Å². The zero-order valence-corrected chi connectivity index (χ0v) is 15.1. The van der Waals surface area contributed by atoms with Gasteiger partial charge in [0.1, 0.15) is 11.6 Å². The monoisotopic (exact) mass is 343 g/mol. The van der Waals surface area contributed by atoms with Crippen LogP contribution in [0.15, 0.2) is 18.2 Å². The third-order valence-corrected chi connectivity index (χ3v) is 4.71. The van der Waals surface area contributed by atoms with Gasteiger partial charge in [-0.05, 0) is 44.9 Å². The van der Waals surface area contributed by atoms with Crippen molar-refractivity contribution in [1.29, 1.82) is 0 Å². The molecule has 0 aliphatic heterocycles. The van der Waals surface area contributed by atoms with E-state index in [1.807, 2.05) is 0 Å². The first-order chi connectivity index (χ1) is 11.9. The lowest BCUT2D eigenvalue weighted by Crippen LogP contribution is -2.30. The second-order valence-corrected chi connectivity index (χ2v) is 6.70. The van der Waals surface area contributed by atoms with Crippen LogP contribution in [-0.4, -0.2) is 29.7 Å². The fourth-order valence-electron chi connectivity index (χ4n) is 3.27. The summed E-state index contributed by atoms with van der Waals surface area (Å²) in [6.07, 6.45) is 2.52. The van der Waals surface area contributed by atoms with Crippen LogP contribution in [-0.2, 0) is 9.59 Å². The summed E-state index contributed by atoms with van der Waals surface area (Å²) in [5.41, 5.74) is 1.56. The molecule has 0 saturated carbocycles. The van der Waals surface area contributed by atoms with Crippen LogP contribution in [0, 0.1) is 11.8 Å². The molecule has 0 radical (unpaired) electrons. The Labute approximate surface area is 148 Å². The molecule has 0 amide bonds. The number of hydrogen-bond acceptors (Lipinski definition) is 5. The molecule has 0 saturated heterocycles. The molecule has 1 aliphatic carbocycles. The summed E-state index contributed by atoms with van der Waals surface area (Å²) in [6.45, 7) is 5.72. The quantitative estimate of drug-likeness (QED) is 0.548. The van der Waals surface area contributed by atoms with E-state index in [1.54, 1.807) is 18.2 Å². The molecule has 0 spiro atoms. The maximum atomic E-state index is 12.8. The number of ketones is 4. The number of Topliss-reactive ketones (excluding diaryl/α,β-unsaturated/α-hetero) is 4. The minimum atomic E-state index is -0.988. The zero-order chi connectivity index (χ0) is 18.6. The number of unbranched alkanes of at least 4 members (excludes halogenated alkanes) is 1. The molecule has 0 heterocycles. The van der Waals surface area contributed by atoms with E-state index in [9.17, 15) is 19.2 Å². The number of rotatable bonds is 9. The van der Waals surface area contributed by atoms with Crippen LogP contribution in [0.2, 0.25) is 0 Å². The van der Waals surface area contributed by atoms with Crippen molar-refractivity contribution in [3.63, 3.8) is 0 Å². The van der Waals surface area contributed by atoms with Gasteiger partial charge in [0.2, 0.25) is 0 Å². The van der Waals surface area contributed by atoms with Crippen molar-refractivity contribution in [3.05, 3.63) is 29.3 Å². The Morgan fingerprint density at radius 1 is 1.12 bits per heavy atom. The summed E-state index contributed by atoms with van der Waals surface area (Å²) in [5, 5.41) is 3.24. The van der Waals surface area contributed by atoms with Crippen LogP contribution in [0.3, 0.4) is 0 Å². The fraction of sp³-hybridized carbons (Fsp3) is 0.500. The first kappa shape index (κ1) is 19.0. The zero-order valence-electron chi connectivity index (χ0n) is 15.1. The van der Waals surface area contributed by atoms with Gasteiger partial charge in [-0.2, -0.15) is 0 Å². The van der Waals surface area contributed by atoms with E-state index in [1.165, 1.54) is 13.8 Å². The number of anilines is 1. The molecule has 2 atom stereocenters. The molecule has 5 nitrogen and oxygen atoms in total. The van der Waals surface area contributed by atoms with Gasteiger partial charge in [-0.1, -0.05) is 13.3 Å². The first-order valence-electron chi connectivity index (χ1n) is 8.83. The van der Waals surface area contributed by atoms with E-state index >= 15 is 0 Å². The molecule has 0 fully saturated rings. The largest absolute Gasteiger partial charge is 0.385 e. The molecule has 25 heavy (non-hydrogen) atoms. The SMILES string of the molecule is CCCCNc1ccc2c(c1)C(=O)C(C(CCC(C)=O)C(C)=O)C2=O. The van der Waals surface area contributed by atoms with Gasteiger partial charge >= 0.3 is 0 Å². The highest BCUT2D eigenvalue weighted by Gasteiger charge is 2.44. The number of nitrogens with one attached hydrogen (secondary N) is 1. The van der Waals surface area contributed by atoms with E-state index in [2.05, 4.69) is 12.2 Å². The van der Waals surface area contributed by atoms with Crippen molar-refractivity contribution in [2.75, 3.05) is 11.9 Å². The van der Waals surface area contributed by atoms with Crippen LogP contribution >= 0.6 is 0 Å². The van der Waals surface area contributed by atoms with Crippen molar-refractivity contribution in [3.8, 4) is 0 Å². The van der Waals surface area contributed by atoms with Crippen molar-refractivity contribution in [2.24, 2.45) is 11.8 Å². The van der Waals surface area contributed by atoms with Gasteiger partial charge in [0.05, 0.1) is 5.92 Å². The molecule has 2 rings (SSSR count). The Balaban J connectivity index is 2.25. The smallest absolute Gasteiger partial charge is 0.175 e. The van der Waals surface area contributed by atoms with Crippen LogP contribution in [0.4, 0.5) is 5.69 Å².